The Bertz CT molecular complexity index is 813. The fraction of sp³-hybridized carbons (Fsp3) is 0.810. The summed E-state index contributed by atoms with van der Waals surface area (Å²) >= 11 is 0. The zero-order chi connectivity index (χ0) is 16.5. The summed E-state index contributed by atoms with van der Waals surface area (Å²) < 4.78 is 11.6. The number of esters is 2. The summed E-state index contributed by atoms with van der Waals surface area (Å²) in [6.07, 6.45) is 8.07. The van der Waals surface area contributed by atoms with E-state index in [4.69, 9.17) is 9.47 Å². The molecule has 4 nitrogen and oxygen atoms in total. The second-order valence-corrected chi connectivity index (χ2v) is 10.2. The van der Waals surface area contributed by atoms with Gasteiger partial charge in [-0.3, -0.25) is 9.59 Å². The standard InChI is InChI=1S/C21H22O4/c1-24-18(22)20-14-7-3-2-4-8(7)15-12(14)13-16(20)9-5-6-10-11(9)17(13)21(15,20)19(23)25-10/h2-3,7-17H,4-6H2,1H3. The van der Waals surface area contributed by atoms with Gasteiger partial charge in [-0.25, -0.2) is 0 Å². The number of ether oxygens (including phenoxy) is 2. The molecule has 4 heteroatoms. The van der Waals surface area contributed by atoms with Gasteiger partial charge >= 0.3 is 11.9 Å². The first-order valence-corrected chi connectivity index (χ1v) is 10.2. The maximum atomic E-state index is 13.6. The molecule has 0 aromatic rings. The molecule has 8 bridgehead atoms. The topological polar surface area (TPSA) is 52.6 Å². The Morgan fingerprint density at radius 1 is 1.12 bits per heavy atom. The monoisotopic (exact) mass is 338 g/mol. The first kappa shape index (κ1) is 12.9. The number of hydrogen-bond donors (Lipinski definition) is 0. The van der Waals surface area contributed by atoms with Crippen LogP contribution in [-0.4, -0.2) is 25.2 Å². The van der Waals surface area contributed by atoms with E-state index in [1.807, 2.05) is 0 Å². The Balaban J connectivity index is 1.49. The van der Waals surface area contributed by atoms with Gasteiger partial charge in [-0.15, -0.1) is 0 Å². The number of hydrogen-bond acceptors (Lipinski definition) is 4. The fourth-order valence-corrected chi connectivity index (χ4v) is 11.4. The van der Waals surface area contributed by atoms with Crippen LogP contribution in [0.4, 0.5) is 0 Å². The van der Waals surface area contributed by atoms with Gasteiger partial charge in [0, 0.05) is 5.92 Å². The number of allylic oxidation sites excluding steroid dienone is 2. The van der Waals surface area contributed by atoms with E-state index < -0.39 is 10.8 Å². The van der Waals surface area contributed by atoms with Crippen LogP contribution in [0.5, 0.6) is 0 Å². The Morgan fingerprint density at radius 3 is 2.80 bits per heavy atom. The normalized spacial score (nSPS) is 70.4. The molecule has 9 aliphatic rings. The van der Waals surface area contributed by atoms with Gasteiger partial charge in [0.05, 0.1) is 17.9 Å². The molecule has 13 atom stereocenters. The van der Waals surface area contributed by atoms with E-state index in [2.05, 4.69) is 12.2 Å². The minimum atomic E-state index is -0.560. The van der Waals surface area contributed by atoms with Crippen molar-refractivity contribution in [3.8, 4) is 0 Å². The minimum Gasteiger partial charge on any atom is -0.469 e. The van der Waals surface area contributed by atoms with Gasteiger partial charge < -0.3 is 9.47 Å². The highest BCUT2D eigenvalue weighted by atomic mass is 16.6. The van der Waals surface area contributed by atoms with Crippen molar-refractivity contribution in [2.24, 2.45) is 70.0 Å². The van der Waals surface area contributed by atoms with Gasteiger partial charge in [0.2, 0.25) is 0 Å². The van der Waals surface area contributed by atoms with Crippen molar-refractivity contribution in [2.75, 3.05) is 7.11 Å². The molecule has 1 aliphatic heterocycles. The lowest BCUT2D eigenvalue weighted by Crippen LogP contribution is -2.68. The van der Waals surface area contributed by atoms with E-state index in [-0.39, 0.29) is 18.0 Å². The van der Waals surface area contributed by atoms with Crippen LogP contribution < -0.4 is 0 Å². The van der Waals surface area contributed by atoms with Crippen LogP contribution in [0.25, 0.3) is 0 Å². The molecule has 1 saturated heterocycles. The summed E-state index contributed by atoms with van der Waals surface area (Å²) in [6, 6.07) is 0. The Hall–Kier alpha value is -1.32. The zero-order valence-electron chi connectivity index (χ0n) is 14.3. The number of rotatable bonds is 1. The number of carbonyl (C=O) groups is 2. The largest absolute Gasteiger partial charge is 0.469 e. The zero-order valence-corrected chi connectivity index (χ0v) is 14.3. The van der Waals surface area contributed by atoms with Gasteiger partial charge in [0.15, 0.2) is 0 Å². The SMILES string of the molecule is COC(=O)C12C3C4C=CCC4C4C3C3C1C1CCC5OC(=O)C42C3C51. The summed E-state index contributed by atoms with van der Waals surface area (Å²) in [5.74, 6) is 4.84. The summed E-state index contributed by atoms with van der Waals surface area (Å²) in [5.41, 5.74) is -1.09. The maximum absolute atomic E-state index is 13.6. The van der Waals surface area contributed by atoms with Crippen LogP contribution in [0.2, 0.25) is 0 Å². The van der Waals surface area contributed by atoms with Crippen molar-refractivity contribution >= 4 is 11.9 Å². The van der Waals surface area contributed by atoms with Gasteiger partial charge in [-0.2, -0.15) is 0 Å². The molecule has 25 heavy (non-hydrogen) atoms. The molecule has 8 fully saturated rings. The van der Waals surface area contributed by atoms with Crippen LogP contribution in [-0.2, 0) is 19.1 Å². The first-order chi connectivity index (χ1) is 12.2. The smallest absolute Gasteiger partial charge is 0.314 e. The van der Waals surface area contributed by atoms with Crippen molar-refractivity contribution < 1.29 is 19.1 Å². The van der Waals surface area contributed by atoms with Crippen LogP contribution in [0, 0.1) is 70.0 Å². The third kappa shape index (κ3) is 0.821. The van der Waals surface area contributed by atoms with Crippen molar-refractivity contribution in [1.82, 2.24) is 0 Å². The second kappa shape index (κ2) is 3.32. The lowest BCUT2D eigenvalue weighted by molar-refractivity contribution is -0.231. The van der Waals surface area contributed by atoms with Gasteiger partial charge in [-0.1, -0.05) is 12.2 Å². The molecule has 0 amide bonds. The molecule has 0 aromatic carbocycles. The van der Waals surface area contributed by atoms with E-state index in [9.17, 15) is 9.59 Å². The number of fused-ring (bicyclic) bond motifs is 1. The Labute approximate surface area is 146 Å². The highest BCUT2D eigenvalue weighted by Crippen LogP contribution is 2.98. The number of carbonyl (C=O) groups excluding carboxylic acids is 2. The molecule has 8 aliphatic carbocycles. The fourth-order valence-electron chi connectivity index (χ4n) is 11.4. The summed E-state index contributed by atoms with van der Waals surface area (Å²) in [6.45, 7) is 0. The highest BCUT2D eigenvalue weighted by Gasteiger charge is 3.02. The molecule has 7 saturated carbocycles. The molecule has 1 heterocycles. The van der Waals surface area contributed by atoms with E-state index in [0.29, 0.717) is 59.2 Å². The molecule has 0 N–H and O–H groups in total. The minimum absolute atomic E-state index is 0.00245. The van der Waals surface area contributed by atoms with E-state index in [1.165, 1.54) is 7.11 Å². The quantitative estimate of drug-likeness (QED) is 0.542. The predicted molar refractivity (Wildman–Crippen MR) is 84.7 cm³/mol. The third-order valence-electron chi connectivity index (χ3n) is 10.7. The van der Waals surface area contributed by atoms with E-state index in [1.54, 1.807) is 0 Å². The predicted octanol–water partition coefficient (Wildman–Crippen LogP) is 2.04. The first-order valence-electron chi connectivity index (χ1n) is 10.2. The van der Waals surface area contributed by atoms with Crippen LogP contribution >= 0.6 is 0 Å². The van der Waals surface area contributed by atoms with Crippen molar-refractivity contribution in [3.05, 3.63) is 12.2 Å². The van der Waals surface area contributed by atoms with Crippen molar-refractivity contribution in [1.29, 1.82) is 0 Å². The van der Waals surface area contributed by atoms with Gasteiger partial charge in [0.25, 0.3) is 0 Å². The Kier molecular flexibility index (Phi) is 1.72. The van der Waals surface area contributed by atoms with Crippen LogP contribution in [0.15, 0.2) is 12.2 Å². The summed E-state index contributed by atoms with van der Waals surface area (Å²) in [5, 5.41) is 0. The molecule has 1 spiro atoms. The second-order valence-electron chi connectivity index (χ2n) is 10.2. The number of methoxy groups -OCH3 is 1. The molecule has 13 unspecified atom stereocenters. The van der Waals surface area contributed by atoms with Gasteiger partial charge in [-0.05, 0) is 72.5 Å². The maximum Gasteiger partial charge on any atom is 0.314 e. The van der Waals surface area contributed by atoms with E-state index >= 15 is 0 Å². The molecular formula is C21H22O4. The van der Waals surface area contributed by atoms with Crippen molar-refractivity contribution in [2.45, 2.75) is 25.4 Å². The average Bonchev–Trinajstić information content (AvgIpc) is 3.36. The lowest BCUT2D eigenvalue weighted by atomic mass is 9.43. The average molecular weight is 338 g/mol. The Morgan fingerprint density at radius 2 is 1.96 bits per heavy atom. The third-order valence-corrected chi connectivity index (χ3v) is 10.7. The molecule has 9 rings (SSSR count). The molecule has 0 aromatic heterocycles. The lowest BCUT2D eigenvalue weighted by Gasteiger charge is -2.60. The highest BCUT2D eigenvalue weighted by molar-refractivity contribution is 5.95. The van der Waals surface area contributed by atoms with E-state index in [0.717, 1.165) is 19.3 Å². The van der Waals surface area contributed by atoms with Crippen molar-refractivity contribution in [3.63, 3.8) is 0 Å². The van der Waals surface area contributed by atoms with Crippen LogP contribution in [0.3, 0.4) is 0 Å². The van der Waals surface area contributed by atoms with Crippen LogP contribution in [0.1, 0.15) is 19.3 Å². The summed E-state index contributed by atoms with van der Waals surface area (Å²) in [4.78, 5) is 27.1. The summed E-state index contributed by atoms with van der Waals surface area (Å²) in [7, 11) is 1.53. The van der Waals surface area contributed by atoms with Gasteiger partial charge in [0.1, 0.15) is 6.10 Å². The molecule has 130 valence electrons. The molecular weight excluding hydrogens is 316 g/mol. The molecule has 0 radical (unpaired) electrons.